The summed E-state index contributed by atoms with van der Waals surface area (Å²) in [5.41, 5.74) is 11.5. The van der Waals surface area contributed by atoms with Crippen LogP contribution < -0.4 is 0 Å². The van der Waals surface area contributed by atoms with Gasteiger partial charge in [0.1, 0.15) is 18.0 Å². The van der Waals surface area contributed by atoms with Gasteiger partial charge in [-0.3, -0.25) is 4.57 Å². The van der Waals surface area contributed by atoms with Crippen LogP contribution in [0.15, 0.2) is 99.8 Å². The van der Waals surface area contributed by atoms with Crippen molar-refractivity contribution in [1.29, 1.82) is 0 Å². The maximum absolute atomic E-state index is 14.7. The van der Waals surface area contributed by atoms with Gasteiger partial charge in [-0.2, -0.15) is 0 Å². The normalized spacial score (nSPS) is 17.9. The van der Waals surface area contributed by atoms with E-state index in [1.54, 1.807) is 0 Å². The molecule has 4 aromatic carbocycles. The Kier molecular flexibility index (Phi) is 8.19. The highest BCUT2D eigenvalue weighted by molar-refractivity contribution is 7.85. The number of ether oxygens (including phenoxy) is 1. The third-order valence-electron chi connectivity index (χ3n) is 11.2. The molecule has 3 heterocycles. The van der Waals surface area contributed by atoms with E-state index in [9.17, 15) is 4.21 Å². The van der Waals surface area contributed by atoms with Crippen LogP contribution in [0, 0.1) is 13.8 Å². The number of aliphatic imine (C=N–C) groups is 1. The van der Waals surface area contributed by atoms with Gasteiger partial charge < -0.3 is 4.74 Å². The van der Waals surface area contributed by atoms with Gasteiger partial charge in [-0.1, -0.05) is 98.7 Å². The first kappa shape index (κ1) is 35.5. The molecule has 0 spiro atoms. The number of fused-ring (bicyclic) bond motifs is 6. The molecule has 272 valence electrons. The van der Waals surface area contributed by atoms with Gasteiger partial charge >= 0.3 is 0 Å². The molecule has 3 atom stereocenters. The molecular formula is C47H51N3O2S. The molecule has 0 amide bonds. The largest absolute Gasteiger partial charge is 0.471 e. The molecule has 0 N–H and O–H groups in total. The highest BCUT2D eigenvalue weighted by atomic mass is 32.2. The molecule has 0 saturated heterocycles. The van der Waals surface area contributed by atoms with Crippen LogP contribution in [0.2, 0.25) is 0 Å². The SMILES string of the molecule is Cc1cc(C)c(S(=O)c2ccc3c4cc(C(C)(C)C)ccc4n(-c4cc(C(C)(C)C)ccn4)c3c2)cc1C1=N[C@@H]2c3ccc(C(C)(C)C)cc3C[C@@H]2O1. The van der Waals surface area contributed by atoms with Crippen molar-refractivity contribution in [3.8, 4) is 5.82 Å². The van der Waals surface area contributed by atoms with Crippen molar-refractivity contribution in [2.24, 2.45) is 4.99 Å². The van der Waals surface area contributed by atoms with E-state index >= 15 is 0 Å². The number of nitrogens with zero attached hydrogens (tertiary/aromatic N) is 3. The Morgan fingerprint density at radius 3 is 2.09 bits per heavy atom. The van der Waals surface area contributed by atoms with Crippen LogP contribution >= 0.6 is 0 Å². The first-order valence-corrected chi connectivity index (χ1v) is 20.0. The second-order valence-electron chi connectivity index (χ2n) is 18.3. The zero-order valence-electron chi connectivity index (χ0n) is 33.0. The molecule has 1 aliphatic carbocycles. The average molecular weight is 722 g/mol. The molecule has 8 rings (SSSR count). The van der Waals surface area contributed by atoms with E-state index in [-0.39, 0.29) is 28.4 Å². The highest BCUT2D eigenvalue weighted by Gasteiger charge is 2.40. The minimum atomic E-state index is -1.45. The lowest BCUT2D eigenvalue weighted by atomic mass is 9.85. The Morgan fingerprint density at radius 1 is 0.698 bits per heavy atom. The summed E-state index contributed by atoms with van der Waals surface area (Å²) in [6.07, 6.45) is 2.73. The van der Waals surface area contributed by atoms with Crippen molar-refractivity contribution in [2.75, 3.05) is 0 Å². The first-order chi connectivity index (χ1) is 24.9. The smallest absolute Gasteiger partial charge is 0.217 e. The summed E-state index contributed by atoms with van der Waals surface area (Å²) in [6, 6.07) is 28.3. The molecule has 2 aliphatic rings. The number of aryl methyl sites for hydroxylation is 2. The predicted molar refractivity (Wildman–Crippen MR) is 220 cm³/mol. The molecular weight excluding hydrogens is 671 g/mol. The van der Waals surface area contributed by atoms with Crippen LogP contribution in [0.4, 0.5) is 0 Å². The average Bonchev–Trinajstić information content (AvgIpc) is 3.75. The van der Waals surface area contributed by atoms with Crippen LogP contribution in [0.5, 0.6) is 0 Å². The third kappa shape index (κ3) is 6.13. The molecule has 0 bridgehead atoms. The van der Waals surface area contributed by atoms with Crippen molar-refractivity contribution in [3.05, 3.63) is 130 Å². The standard InChI is InChI=1S/C47H51N3O2S/c1-27-20-28(2)41(26-36(27)44-49-43-34-15-12-30(45(3,4)5)21-29(34)22-40(43)52-44)53(51)33-14-16-35-37-23-31(46(6,7)8)13-17-38(37)50(39(35)25-33)42-24-32(18-19-48-42)47(9,10)11/h12-21,23-26,40,43H,22H2,1-11H3/t40-,43+,53?/m0/s1. The van der Waals surface area contributed by atoms with E-state index in [1.165, 1.54) is 33.2 Å². The van der Waals surface area contributed by atoms with Gasteiger partial charge in [0.25, 0.3) is 0 Å². The Hall–Kier alpha value is -4.55. The maximum Gasteiger partial charge on any atom is 0.217 e. The van der Waals surface area contributed by atoms with E-state index in [0.717, 1.165) is 55.1 Å². The Labute approximate surface area is 317 Å². The summed E-state index contributed by atoms with van der Waals surface area (Å²) in [5, 5.41) is 2.28. The molecule has 1 aliphatic heterocycles. The topological polar surface area (TPSA) is 56.5 Å². The van der Waals surface area contributed by atoms with Crippen LogP contribution in [0.3, 0.4) is 0 Å². The van der Waals surface area contributed by atoms with Gasteiger partial charge in [-0.15, -0.1) is 0 Å². The zero-order chi connectivity index (χ0) is 37.8. The van der Waals surface area contributed by atoms with Gasteiger partial charge in [-0.05, 0) is 112 Å². The molecule has 0 fully saturated rings. The second-order valence-corrected chi connectivity index (χ2v) is 19.7. The number of pyridine rings is 1. The lowest BCUT2D eigenvalue weighted by Crippen LogP contribution is -2.15. The maximum atomic E-state index is 14.7. The molecule has 5 nitrogen and oxygen atoms in total. The van der Waals surface area contributed by atoms with Crippen LogP contribution in [-0.2, 0) is 38.2 Å². The summed E-state index contributed by atoms with van der Waals surface area (Å²) < 4.78 is 23.5. The fourth-order valence-electron chi connectivity index (χ4n) is 7.98. The Morgan fingerprint density at radius 2 is 1.38 bits per heavy atom. The predicted octanol–water partition coefficient (Wildman–Crippen LogP) is 11.3. The fourth-order valence-corrected chi connectivity index (χ4v) is 9.22. The van der Waals surface area contributed by atoms with Gasteiger partial charge in [-0.25, -0.2) is 14.2 Å². The van der Waals surface area contributed by atoms with E-state index in [0.29, 0.717) is 5.90 Å². The van der Waals surface area contributed by atoms with Crippen molar-refractivity contribution in [3.63, 3.8) is 0 Å². The van der Waals surface area contributed by atoms with Crippen molar-refractivity contribution >= 4 is 38.5 Å². The van der Waals surface area contributed by atoms with Crippen LogP contribution in [0.1, 0.15) is 113 Å². The molecule has 6 heteroatoms. The molecule has 53 heavy (non-hydrogen) atoms. The fraction of sp³-hybridized carbons (Fsp3) is 0.362. The zero-order valence-corrected chi connectivity index (χ0v) is 33.8. The van der Waals surface area contributed by atoms with Crippen molar-refractivity contribution in [2.45, 2.75) is 121 Å². The molecule has 6 aromatic rings. The highest BCUT2D eigenvalue weighted by Crippen LogP contribution is 2.43. The second kappa shape index (κ2) is 12.2. The molecule has 0 radical (unpaired) electrons. The number of aromatic nitrogens is 2. The van der Waals surface area contributed by atoms with Gasteiger partial charge in [0, 0.05) is 38.7 Å². The quantitative estimate of drug-likeness (QED) is 0.182. The minimum Gasteiger partial charge on any atom is -0.471 e. The monoisotopic (exact) mass is 721 g/mol. The number of hydrogen-bond donors (Lipinski definition) is 0. The van der Waals surface area contributed by atoms with E-state index in [4.69, 9.17) is 14.7 Å². The van der Waals surface area contributed by atoms with E-state index < -0.39 is 10.8 Å². The van der Waals surface area contributed by atoms with E-state index in [2.05, 4.69) is 141 Å². The molecule has 1 unspecified atom stereocenters. The van der Waals surface area contributed by atoms with Gasteiger partial charge in [0.15, 0.2) is 0 Å². The summed E-state index contributed by atoms with van der Waals surface area (Å²) in [7, 11) is -1.45. The minimum absolute atomic E-state index is 0.000280. The summed E-state index contributed by atoms with van der Waals surface area (Å²) in [5.74, 6) is 1.51. The van der Waals surface area contributed by atoms with Crippen LogP contribution in [0.25, 0.3) is 27.6 Å². The van der Waals surface area contributed by atoms with Crippen molar-refractivity contribution in [1.82, 2.24) is 9.55 Å². The summed E-state index contributed by atoms with van der Waals surface area (Å²) in [4.78, 5) is 11.6. The van der Waals surface area contributed by atoms with Crippen molar-refractivity contribution < 1.29 is 8.95 Å². The number of hydrogen-bond acceptors (Lipinski definition) is 4. The summed E-state index contributed by atoms with van der Waals surface area (Å²) >= 11 is 0. The van der Waals surface area contributed by atoms with E-state index in [1.807, 2.05) is 25.3 Å². The Bertz CT molecular complexity index is 2520. The first-order valence-electron chi connectivity index (χ1n) is 18.9. The lowest BCUT2D eigenvalue weighted by Gasteiger charge is -2.20. The molecule has 0 saturated carbocycles. The summed E-state index contributed by atoms with van der Waals surface area (Å²) in [6.45, 7) is 24.3. The number of rotatable bonds is 4. The lowest BCUT2D eigenvalue weighted by molar-refractivity contribution is 0.206. The van der Waals surface area contributed by atoms with Gasteiger partial charge in [0.05, 0.1) is 21.8 Å². The number of benzene rings is 4. The third-order valence-corrected chi connectivity index (χ3v) is 12.8. The molecule has 2 aromatic heterocycles. The van der Waals surface area contributed by atoms with Gasteiger partial charge in [0.2, 0.25) is 5.90 Å². The Balaban J connectivity index is 1.21. The van der Waals surface area contributed by atoms with Crippen LogP contribution in [-0.4, -0.2) is 25.8 Å².